The van der Waals surface area contributed by atoms with E-state index in [1.54, 1.807) is 10.7 Å². The zero-order valence-electron chi connectivity index (χ0n) is 11.2. The Bertz CT molecular complexity index is 549. The molecule has 3 N–H and O–H groups in total. The van der Waals surface area contributed by atoms with Crippen molar-refractivity contribution < 1.29 is 4.79 Å². The van der Waals surface area contributed by atoms with Gasteiger partial charge in [0.25, 0.3) is 5.91 Å². The second kappa shape index (κ2) is 6.33. The van der Waals surface area contributed by atoms with Crippen molar-refractivity contribution in [3.8, 4) is 0 Å². The lowest BCUT2D eigenvalue weighted by molar-refractivity contribution is 0.0948. The number of aromatic nitrogens is 2. The first-order chi connectivity index (χ1) is 9.26. The van der Waals surface area contributed by atoms with E-state index in [2.05, 4.69) is 17.3 Å². The highest BCUT2D eigenvalue weighted by molar-refractivity contribution is 6.00. The summed E-state index contributed by atoms with van der Waals surface area (Å²) in [5.74, 6) is 0.368. The third-order valence-electron chi connectivity index (χ3n) is 3.37. The van der Waals surface area contributed by atoms with Gasteiger partial charge in [-0.2, -0.15) is 5.10 Å². The minimum atomic E-state index is -0.0725. The second-order valence-corrected chi connectivity index (χ2v) is 4.65. The summed E-state index contributed by atoms with van der Waals surface area (Å²) in [5, 5.41) is 7.12. The van der Waals surface area contributed by atoms with E-state index in [0.717, 1.165) is 18.4 Å². The van der Waals surface area contributed by atoms with Gasteiger partial charge in [0, 0.05) is 12.7 Å². The average Bonchev–Trinajstić information content (AvgIpc) is 2.87. The molecule has 2 rings (SSSR count). The van der Waals surface area contributed by atoms with Gasteiger partial charge in [0.05, 0.1) is 17.3 Å². The summed E-state index contributed by atoms with van der Waals surface area (Å²) in [6.07, 6.45) is 5.39. The van der Waals surface area contributed by atoms with Crippen molar-refractivity contribution in [2.45, 2.75) is 19.8 Å². The molecule has 2 aromatic rings. The first kappa shape index (κ1) is 13.5. The van der Waals surface area contributed by atoms with Gasteiger partial charge in [-0.05, 0) is 31.0 Å². The molecule has 1 atom stereocenters. The van der Waals surface area contributed by atoms with Gasteiger partial charge in [0.15, 0.2) is 0 Å². The Kier molecular flexibility index (Phi) is 4.52. The van der Waals surface area contributed by atoms with Crippen molar-refractivity contribution in [3.05, 3.63) is 36.2 Å². The van der Waals surface area contributed by atoms with E-state index in [1.807, 2.05) is 24.4 Å². The second-order valence-electron chi connectivity index (χ2n) is 4.65. The molecule has 5 heteroatoms. The molecule has 1 amide bonds. The lowest BCUT2D eigenvalue weighted by Gasteiger charge is -2.14. The van der Waals surface area contributed by atoms with Gasteiger partial charge in [-0.25, -0.2) is 4.52 Å². The van der Waals surface area contributed by atoms with Crippen LogP contribution >= 0.6 is 0 Å². The van der Waals surface area contributed by atoms with E-state index in [1.165, 1.54) is 0 Å². The molecular weight excluding hydrogens is 240 g/mol. The van der Waals surface area contributed by atoms with Gasteiger partial charge >= 0.3 is 0 Å². The molecule has 0 fully saturated rings. The normalized spacial score (nSPS) is 12.5. The first-order valence-corrected chi connectivity index (χ1v) is 6.67. The molecule has 2 aromatic heterocycles. The Morgan fingerprint density at radius 3 is 3.11 bits per heavy atom. The minimum Gasteiger partial charge on any atom is -0.352 e. The van der Waals surface area contributed by atoms with Gasteiger partial charge in [0.1, 0.15) is 0 Å². The monoisotopic (exact) mass is 260 g/mol. The van der Waals surface area contributed by atoms with E-state index in [9.17, 15) is 4.79 Å². The molecule has 0 radical (unpaired) electrons. The van der Waals surface area contributed by atoms with Crippen LogP contribution in [-0.4, -0.2) is 28.6 Å². The Morgan fingerprint density at radius 1 is 1.53 bits per heavy atom. The molecule has 19 heavy (non-hydrogen) atoms. The number of pyridine rings is 1. The lowest BCUT2D eigenvalue weighted by Crippen LogP contribution is -2.30. The fourth-order valence-corrected chi connectivity index (χ4v) is 2.13. The van der Waals surface area contributed by atoms with Crippen molar-refractivity contribution in [1.29, 1.82) is 0 Å². The van der Waals surface area contributed by atoms with Crippen LogP contribution in [0.15, 0.2) is 30.6 Å². The fourth-order valence-electron chi connectivity index (χ4n) is 2.13. The average molecular weight is 260 g/mol. The summed E-state index contributed by atoms with van der Waals surface area (Å²) < 4.78 is 1.70. The Hall–Kier alpha value is -1.88. The zero-order chi connectivity index (χ0) is 13.7. The molecule has 0 bridgehead atoms. The van der Waals surface area contributed by atoms with Crippen molar-refractivity contribution in [2.75, 3.05) is 13.1 Å². The molecule has 0 saturated carbocycles. The number of fused-ring (bicyclic) bond motifs is 1. The van der Waals surface area contributed by atoms with Gasteiger partial charge in [-0.3, -0.25) is 4.79 Å². The van der Waals surface area contributed by atoms with Crippen LogP contribution < -0.4 is 11.1 Å². The van der Waals surface area contributed by atoms with Crippen molar-refractivity contribution in [3.63, 3.8) is 0 Å². The topological polar surface area (TPSA) is 72.4 Å². The molecule has 102 valence electrons. The highest BCUT2D eigenvalue weighted by Crippen LogP contribution is 2.10. The molecule has 0 aliphatic carbocycles. The van der Waals surface area contributed by atoms with E-state index < -0.39 is 0 Å². The Labute approximate surface area is 112 Å². The number of hydrogen-bond donors (Lipinski definition) is 2. The smallest absolute Gasteiger partial charge is 0.255 e. The third kappa shape index (κ3) is 3.12. The maximum Gasteiger partial charge on any atom is 0.255 e. The number of carbonyl (C=O) groups excluding carboxylic acids is 1. The highest BCUT2D eigenvalue weighted by Gasteiger charge is 2.13. The molecule has 2 heterocycles. The molecule has 5 nitrogen and oxygen atoms in total. The number of nitrogens with two attached hydrogens (primary N) is 1. The molecule has 0 aliphatic rings. The van der Waals surface area contributed by atoms with Crippen LogP contribution in [0.3, 0.4) is 0 Å². The SMILES string of the molecule is CCC(CCN)CNC(=O)c1cnn2ccccc12. The fraction of sp³-hybridized carbons (Fsp3) is 0.429. The van der Waals surface area contributed by atoms with Crippen LogP contribution in [0, 0.1) is 5.92 Å². The molecule has 0 aliphatic heterocycles. The van der Waals surface area contributed by atoms with Crippen LogP contribution in [0.4, 0.5) is 0 Å². The van der Waals surface area contributed by atoms with Crippen LogP contribution in [0.25, 0.3) is 5.52 Å². The molecule has 1 unspecified atom stereocenters. The first-order valence-electron chi connectivity index (χ1n) is 6.67. The van der Waals surface area contributed by atoms with E-state index in [0.29, 0.717) is 24.6 Å². The number of nitrogens with zero attached hydrogens (tertiary/aromatic N) is 2. The number of amides is 1. The van der Waals surface area contributed by atoms with Crippen molar-refractivity contribution in [1.82, 2.24) is 14.9 Å². The lowest BCUT2D eigenvalue weighted by atomic mass is 10.0. The molecule has 0 saturated heterocycles. The predicted octanol–water partition coefficient (Wildman–Crippen LogP) is 1.44. The standard InChI is InChI=1S/C14H20N4O/c1-2-11(6-7-15)9-16-14(19)12-10-17-18-8-4-3-5-13(12)18/h3-5,8,10-11H,2,6-7,9,15H2,1H3,(H,16,19). The number of rotatable bonds is 6. The Balaban J connectivity index is 2.04. The van der Waals surface area contributed by atoms with Gasteiger partial charge in [-0.15, -0.1) is 0 Å². The van der Waals surface area contributed by atoms with Crippen molar-refractivity contribution >= 4 is 11.4 Å². The summed E-state index contributed by atoms with van der Waals surface area (Å²) in [6.45, 7) is 3.43. The number of carbonyl (C=O) groups is 1. The largest absolute Gasteiger partial charge is 0.352 e. The zero-order valence-corrected chi connectivity index (χ0v) is 11.2. The van der Waals surface area contributed by atoms with Gasteiger partial charge in [-0.1, -0.05) is 19.4 Å². The number of hydrogen-bond acceptors (Lipinski definition) is 3. The molecule has 0 aromatic carbocycles. The minimum absolute atomic E-state index is 0.0725. The maximum absolute atomic E-state index is 12.1. The molecule has 0 spiro atoms. The van der Waals surface area contributed by atoms with Gasteiger partial charge < -0.3 is 11.1 Å². The van der Waals surface area contributed by atoms with Crippen LogP contribution in [0.2, 0.25) is 0 Å². The molecular formula is C14H20N4O. The third-order valence-corrected chi connectivity index (χ3v) is 3.37. The van der Waals surface area contributed by atoms with Crippen molar-refractivity contribution in [2.24, 2.45) is 11.7 Å². The van der Waals surface area contributed by atoms with Crippen LogP contribution in [0.5, 0.6) is 0 Å². The summed E-state index contributed by atoms with van der Waals surface area (Å²) in [6, 6.07) is 5.67. The predicted molar refractivity (Wildman–Crippen MR) is 75.0 cm³/mol. The summed E-state index contributed by atoms with van der Waals surface area (Å²) >= 11 is 0. The highest BCUT2D eigenvalue weighted by atomic mass is 16.1. The van der Waals surface area contributed by atoms with Gasteiger partial charge in [0.2, 0.25) is 0 Å². The van der Waals surface area contributed by atoms with Crippen LogP contribution in [0.1, 0.15) is 30.1 Å². The summed E-state index contributed by atoms with van der Waals surface area (Å²) in [7, 11) is 0. The van der Waals surface area contributed by atoms with E-state index >= 15 is 0 Å². The van der Waals surface area contributed by atoms with Crippen LogP contribution in [-0.2, 0) is 0 Å². The van der Waals surface area contributed by atoms with E-state index in [-0.39, 0.29) is 5.91 Å². The van der Waals surface area contributed by atoms with E-state index in [4.69, 9.17) is 5.73 Å². The maximum atomic E-state index is 12.1. The summed E-state index contributed by atoms with van der Waals surface area (Å²) in [5.41, 5.74) is 6.99. The quantitative estimate of drug-likeness (QED) is 0.825. The number of nitrogens with one attached hydrogen (secondary N) is 1. The Morgan fingerprint density at radius 2 is 2.37 bits per heavy atom. The summed E-state index contributed by atoms with van der Waals surface area (Å²) in [4.78, 5) is 12.1.